The van der Waals surface area contributed by atoms with Gasteiger partial charge in [0.05, 0.1) is 37.2 Å². The highest BCUT2D eigenvalue weighted by atomic mass is 16.5. The Bertz CT molecular complexity index is 1240. The van der Waals surface area contributed by atoms with E-state index in [9.17, 15) is 19.5 Å². The highest BCUT2D eigenvalue weighted by molar-refractivity contribution is 6.05. The fourth-order valence-corrected chi connectivity index (χ4v) is 6.86. The van der Waals surface area contributed by atoms with Crippen LogP contribution in [-0.4, -0.2) is 64.7 Å². The molecule has 2 bridgehead atoms. The molecule has 2 aromatic rings. The van der Waals surface area contributed by atoms with E-state index in [1.54, 1.807) is 43.5 Å². The Morgan fingerprint density at radius 2 is 1.72 bits per heavy atom. The van der Waals surface area contributed by atoms with E-state index in [2.05, 4.69) is 10.6 Å². The zero-order chi connectivity index (χ0) is 27.9. The van der Waals surface area contributed by atoms with Crippen molar-refractivity contribution < 1.29 is 29.0 Å². The van der Waals surface area contributed by atoms with Crippen molar-refractivity contribution in [2.24, 2.45) is 17.8 Å². The molecule has 0 aliphatic carbocycles. The summed E-state index contributed by atoms with van der Waals surface area (Å²) < 4.78 is 11.9. The maximum absolute atomic E-state index is 14.3. The average Bonchev–Trinajstić information content (AvgIpc) is 3.50. The molecular formula is C30H37N3O6. The van der Waals surface area contributed by atoms with Gasteiger partial charge in [-0.15, -0.1) is 0 Å². The molecule has 3 aliphatic rings. The van der Waals surface area contributed by atoms with E-state index < -0.39 is 41.0 Å². The van der Waals surface area contributed by atoms with E-state index >= 15 is 0 Å². The molecule has 3 heterocycles. The van der Waals surface area contributed by atoms with E-state index in [4.69, 9.17) is 9.47 Å². The van der Waals surface area contributed by atoms with Gasteiger partial charge >= 0.3 is 0 Å². The van der Waals surface area contributed by atoms with E-state index in [0.29, 0.717) is 36.4 Å². The van der Waals surface area contributed by atoms with Crippen LogP contribution in [-0.2, 0) is 19.1 Å². The van der Waals surface area contributed by atoms with E-state index in [0.717, 1.165) is 0 Å². The van der Waals surface area contributed by atoms with Crippen LogP contribution in [0.5, 0.6) is 5.75 Å². The number of carbonyl (C=O) groups is 3. The number of ether oxygens (including phenoxy) is 2. The first-order valence-corrected chi connectivity index (χ1v) is 13.6. The van der Waals surface area contributed by atoms with Crippen LogP contribution < -0.4 is 15.4 Å². The lowest BCUT2D eigenvalue weighted by Gasteiger charge is -2.39. The Labute approximate surface area is 228 Å². The molecule has 3 aliphatic heterocycles. The van der Waals surface area contributed by atoms with Gasteiger partial charge in [-0.1, -0.05) is 38.5 Å². The number of hydrogen-bond donors (Lipinski definition) is 3. The minimum atomic E-state index is -1.18. The zero-order valence-electron chi connectivity index (χ0n) is 22.8. The molecule has 208 valence electrons. The molecule has 3 N–H and O–H groups in total. The number of para-hydroxylation sites is 1. The number of benzene rings is 2. The summed E-state index contributed by atoms with van der Waals surface area (Å²) in [5, 5.41) is 16.4. The summed E-state index contributed by atoms with van der Waals surface area (Å²) in [6.45, 7) is 5.51. The Balaban J connectivity index is 1.54. The highest BCUT2D eigenvalue weighted by Gasteiger charge is 2.78. The van der Waals surface area contributed by atoms with Crippen molar-refractivity contribution in [3.63, 3.8) is 0 Å². The van der Waals surface area contributed by atoms with Gasteiger partial charge in [-0.05, 0) is 62.1 Å². The van der Waals surface area contributed by atoms with Crippen LogP contribution in [0, 0.1) is 17.8 Å². The zero-order valence-corrected chi connectivity index (χ0v) is 22.8. The van der Waals surface area contributed by atoms with Crippen molar-refractivity contribution in [1.82, 2.24) is 4.90 Å². The maximum atomic E-state index is 14.3. The first-order chi connectivity index (χ1) is 18.7. The number of rotatable bonds is 9. The van der Waals surface area contributed by atoms with Gasteiger partial charge in [0.25, 0.3) is 0 Å². The molecule has 7 atom stereocenters. The topological polar surface area (TPSA) is 117 Å². The maximum Gasteiger partial charge on any atom is 0.250 e. The molecule has 0 radical (unpaired) electrons. The Hall–Kier alpha value is -3.43. The normalized spacial score (nSPS) is 30.5. The van der Waals surface area contributed by atoms with Crippen LogP contribution in [0.4, 0.5) is 11.4 Å². The fourth-order valence-electron chi connectivity index (χ4n) is 6.86. The minimum absolute atomic E-state index is 0.0742. The molecule has 3 amide bonds. The van der Waals surface area contributed by atoms with E-state index in [-0.39, 0.29) is 24.3 Å². The van der Waals surface area contributed by atoms with Crippen LogP contribution in [0.2, 0.25) is 0 Å². The van der Waals surface area contributed by atoms with Crippen molar-refractivity contribution in [3.8, 4) is 5.75 Å². The monoisotopic (exact) mass is 535 g/mol. The molecular weight excluding hydrogens is 498 g/mol. The second kappa shape index (κ2) is 10.3. The molecule has 9 heteroatoms. The largest absolute Gasteiger partial charge is 0.497 e. The van der Waals surface area contributed by atoms with Gasteiger partial charge in [0.15, 0.2) is 0 Å². The van der Waals surface area contributed by atoms with Gasteiger partial charge in [0, 0.05) is 11.4 Å². The van der Waals surface area contributed by atoms with Crippen molar-refractivity contribution in [2.75, 3.05) is 24.4 Å². The number of likely N-dealkylation sites (tertiary alicyclic amines) is 1. The lowest BCUT2D eigenvalue weighted by molar-refractivity contribution is -0.148. The number of amides is 3. The van der Waals surface area contributed by atoms with Gasteiger partial charge < -0.3 is 30.1 Å². The summed E-state index contributed by atoms with van der Waals surface area (Å²) in [4.78, 5) is 43.6. The van der Waals surface area contributed by atoms with Crippen LogP contribution >= 0.6 is 0 Å². The Morgan fingerprint density at radius 3 is 2.33 bits per heavy atom. The molecule has 2 unspecified atom stereocenters. The molecule has 9 nitrogen and oxygen atoms in total. The minimum Gasteiger partial charge on any atom is -0.497 e. The number of fused-ring (bicyclic) bond motifs is 1. The summed E-state index contributed by atoms with van der Waals surface area (Å²) >= 11 is 0. The first-order valence-electron chi connectivity index (χ1n) is 13.6. The number of aliphatic hydroxyl groups excluding tert-OH is 1. The van der Waals surface area contributed by atoms with Gasteiger partial charge in [0.1, 0.15) is 17.4 Å². The van der Waals surface area contributed by atoms with Crippen molar-refractivity contribution in [1.29, 1.82) is 0 Å². The number of nitrogens with one attached hydrogen (secondary N) is 2. The van der Waals surface area contributed by atoms with Gasteiger partial charge in [-0.2, -0.15) is 0 Å². The smallest absolute Gasteiger partial charge is 0.250 e. The molecule has 39 heavy (non-hydrogen) atoms. The van der Waals surface area contributed by atoms with Crippen LogP contribution in [0.3, 0.4) is 0 Å². The molecule has 1 spiro atoms. The van der Waals surface area contributed by atoms with Gasteiger partial charge in [-0.3, -0.25) is 14.4 Å². The Kier molecular flexibility index (Phi) is 7.15. The summed E-state index contributed by atoms with van der Waals surface area (Å²) in [7, 11) is 1.57. The number of hydrogen-bond acceptors (Lipinski definition) is 6. The number of anilines is 2. The van der Waals surface area contributed by atoms with E-state index in [1.807, 2.05) is 39.0 Å². The number of methoxy groups -OCH3 is 1. The summed E-state index contributed by atoms with van der Waals surface area (Å²) in [5.41, 5.74) is -0.891. The molecule has 2 aromatic carbocycles. The Morgan fingerprint density at radius 1 is 1.08 bits per heavy atom. The van der Waals surface area contributed by atoms with Crippen molar-refractivity contribution in [2.45, 2.75) is 63.3 Å². The van der Waals surface area contributed by atoms with Crippen LogP contribution in [0.25, 0.3) is 0 Å². The fraction of sp³-hybridized carbons (Fsp3) is 0.500. The lowest BCUT2D eigenvalue weighted by Crippen LogP contribution is -2.57. The summed E-state index contributed by atoms with van der Waals surface area (Å²) in [6.07, 6.45) is 1.71. The number of aliphatic hydroxyl groups is 1. The van der Waals surface area contributed by atoms with Gasteiger partial charge in [0.2, 0.25) is 17.7 Å². The standard InChI is InChI=1S/C30H37N3O6/c1-5-18(2)22(17-34)33-25(27(36)32-20-11-13-21(38-4)14-12-20)30-16-15-29(3,39-30)23(24(30)28(33)37)26(35)31-19-9-7-6-8-10-19/h6-14,18,22-25,34H,5,15-17H2,1-4H3,(H,31,35)(H,32,36)/t18-,22-,23-,24-,25?,29+,30?/m0/s1. The molecule has 5 rings (SSSR count). The summed E-state index contributed by atoms with van der Waals surface area (Å²) in [5.74, 6) is -2.06. The van der Waals surface area contributed by atoms with Crippen molar-refractivity contribution in [3.05, 3.63) is 54.6 Å². The lowest BCUT2D eigenvalue weighted by atomic mass is 9.66. The predicted octanol–water partition coefficient (Wildman–Crippen LogP) is 3.44. The van der Waals surface area contributed by atoms with Crippen LogP contribution in [0.1, 0.15) is 40.0 Å². The number of carbonyl (C=O) groups excluding carboxylic acids is 3. The third-order valence-electron chi connectivity index (χ3n) is 8.99. The third kappa shape index (κ3) is 4.37. The second-order valence-electron chi connectivity index (χ2n) is 11.2. The number of nitrogens with zero attached hydrogens (tertiary/aromatic N) is 1. The van der Waals surface area contributed by atoms with Crippen LogP contribution in [0.15, 0.2) is 54.6 Å². The van der Waals surface area contributed by atoms with Gasteiger partial charge in [-0.25, -0.2) is 0 Å². The SMILES string of the molecule is CC[C@H](C)[C@H](CO)N1C(=O)[C@@H]2[C@@H](C(=O)Nc3ccccc3)[C@@]3(C)CCC2(O3)C1C(=O)Nc1ccc(OC)cc1. The summed E-state index contributed by atoms with van der Waals surface area (Å²) in [6, 6.07) is 14.5. The molecule has 0 aromatic heterocycles. The third-order valence-corrected chi connectivity index (χ3v) is 8.99. The van der Waals surface area contributed by atoms with E-state index in [1.165, 1.54) is 4.90 Å². The quantitative estimate of drug-likeness (QED) is 0.453. The van der Waals surface area contributed by atoms with Crippen molar-refractivity contribution >= 4 is 29.1 Å². The average molecular weight is 536 g/mol. The molecule has 0 saturated carbocycles. The molecule has 3 fully saturated rings. The first kappa shape index (κ1) is 27.1. The molecule has 3 saturated heterocycles. The predicted molar refractivity (Wildman–Crippen MR) is 146 cm³/mol. The second-order valence-corrected chi connectivity index (χ2v) is 11.2. The highest BCUT2D eigenvalue weighted by Crippen LogP contribution is 2.63.